The molecule has 0 saturated heterocycles. The fraction of sp³-hybridized carbons (Fsp3) is 0.500. The SMILES string of the molecule is COc1ccc(CNC(C)CCCl)cc1Br. The Morgan fingerprint density at radius 2 is 2.25 bits per heavy atom. The van der Waals surface area contributed by atoms with Crippen LogP contribution in [-0.4, -0.2) is 19.0 Å². The lowest BCUT2D eigenvalue weighted by Gasteiger charge is -2.13. The third-order valence-corrected chi connectivity index (χ3v) is 3.25. The molecule has 0 bridgehead atoms. The number of halogens is 2. The van der Waals surface area contributed by atoms with Crippen molar-refractivity contribution in [3.05, 3.63) is 28.2 Å². The Morgan fingerprint density at radius 1 is 1.50 bits per heavy atom. The van der Waals surface area contributed by atoms with Crippen molar-refractivity contribution in [1.29, 1.82) is 0 Å². The van der Waals surface area contributed by atoms with E-state index in [9.17, 15) is 0 Å². The third-order valence-electron chi connectivity index (χ3n) is 2.41. The molecule has 1 aromatic carbocycles. The van der Waals surface area contributed by atoms with Gasteiger partial charge in [0, 0.05) is 18.5 Å². The standard InChI is InChI=1S/C12H17BrClNO/c1-9(5-6-14)15-8-10-3-4-12(16-2)11(13)7-10/h3-4,7,9,15H,5-6,8H2,1-2H3. The second-order valence-corrected chi connectivity index (χ2v) is 4.96. The van der Waals surface area contributed by atoms with Gasteiger partial charge in [0.05, 0.1) is 11.6 Å². The van der Waals surface area contributed by atoms with Crippen LogP contribution in [0, 0.1) is 0 Å². The average molecular weight is 307 g/mol. The first-order valence-corrected chi connectivity index (χ1v) is 6.62. The van der Waals surface area contributed by atoms with E-state index in [1.165, 1.54) is 5.56 Å². The monoisotopic (exact) mass is 305 g/mol. The summed E-state index contributed by atoms with van der Waals surface area (Å²) in [6.07, 6.45) is 0.985. The minimum Gasteiger partial charge on any atom is -0.496 e. The lowest BCUT2D eigenvalue weighted by molar-refractivity contribution is 0.412. The minimum absolute atomic E-state index is 0.443. The molecular formula is C12H17BrClNO. The molecule has 1 aromatic rings. The van der Waals surface area contributed by atoms with Crippen molar-refractivity contribution in [2.75, 3.05) is 13.0 Å². The van der Waals surface area contributed by atoms with Crippen LogP contribution in [0.1, 0.15) is 18.9 Å². The molecule has 1 atom stereocenters. The first kappa shape index (κ1) is 13.8. The molecule has 0 spiro atoms. The summed E-state index contributed by atoms with van der Waals surface area (Å²) in [6, 6.07) is 6.54. The van der Waals surface area contributed by atoms with E-state index in [2.05, 4.69) is 40.3 Å². The second kappa shape index (κ2) is 7.15. The maximum Gasteiger partial charge on any atom is 0.133 e. The van der Waals surface area contributed by atoms with Gasteiger partial charge in [-0.15, -0.1) is 11.6 Å². The zero-order valence-corrected chi connectivity index (χ0v) is 11.9. The highest BCUT2D eigenvalue weighted by Crippen LogP contribution is 2.25. The van der Waals surface area contributed by atoms with Crippen molar-refractivity contribution in [1.82, 2.24) is 5.32 Å². The molecule has 0 fully saturated rings. The molecule has 0 amide bonds. The molecule has 1 rings (SSSR count). The van der Waals surface area contributed by atoms with Crippen molar-refractivity contribution in [3.8, 4) is 5.75 Å². The van der Waals surface area contributed by atoms with Gasteiger partial charge in [-0.05, 0) is 47.0 Å². The molecule has 0 heterocycles. The number of alkyl halides is 1. The molecule has 16 heavy (non-hydrogen) atoms. The van der Waals surface area contributed by atoms with Gasteiger partial charge < -0.3 is 10.1 Å². The van der Waals surface area contributed by atoms with E-state index in [0.717, 1.165) is 23.2 Å². The Kier molecular flexibility index (Phi) is 6.17. The van der Waals surface area contributed by atoms with E-state index in [-0.39, 0.29) is 0 Å². The molecule has 1 N–H and O–H groups in total. The number of benzene rings is 1. The number of rotatable bonds is 6. The van der Waals surface area contributed by atoms with E-state index in [1.54, 1.807) is 7.11 Å². The first-order valence-electron chi connectivity index (χ1n) is 5.29. The number of hydrogen-bond acceptors (Lipinski definition) is 2. The van der Waals surface area contributed by atoms with E-state index in [4.69, 9.17) is 16.3 Å². The van der Waals surface area contributed by atoms with Gasteiger partial charge in [-0.1, -0.05) is 6.07 Å². The first-order chi connectivity index (χ1) is 7.67. The van der Waals surface area contributed by atoms with Crippen LogP contribution in [0.5, 0.6) is 5.75 Å². The normalized spacial score (nSPS) is 12.5. The third kappa shape index (κ3) is 4.32. The van der Waals surface area contributed by atoms with Crippen molar-refractivity contribution >= 4 is 27.5 Å². The zero-order chi connectivity index (χ0) is 12.0. The van der Waals surface area contributed by atoms with Crippen LogP contribution >= 0.6 is 27.5 Å². The quantitative estimate of drug-likeness (QED) is 0.811. The van der Waals surface area contributed by atoms with Crippen LogP contribution in [0.25, 0.3) is 0 Å². The molecular weight excluding hydrogens is 289 g/mol. The molecule has 90 valence electrons. The maximum absolute atomic E-state index is 5.68. The van der Waals surface area contributed by atoms with Gasteiger partial charge in [-0.2, -0.15) is 0 Å². The highest BCUT2D eigenvalue weighted by atomic mass is 79.9. The van der Waals surface area contributed by atoms with Crippen LogP contribution < -0.4 is 10.1 Å². The Bertz CT molecular complexity index is 333. The summed E-state index contributed by atoms with van der Waals surface area (Å²) in [5, 5.41) is 3.42. The molecule has 2 nitrogen and oxygen atoms in total. The minimum atomic E-state index is 0.443. The fourth-order valence-corrected chi connectivity index (χ4v) is 2.29. The molecule has 0 saturated carbocycles. The topological polar surface area (TPSA) is 21.3 Å². The van der Waals surface area contributed by atoms with Crippen LogP contribution in [0.3, 0.4) is 0 Å². The molecule has 0 aliphatic rings. The van der Waals surface area contributed by atoms with Gasteiger partial charge >= 0.3 is 0 Å². The van der Waals surface area contributed by atoms with E-state index < -0.39 is 0 Å². The van der Waals surface area contributed by atoms with E-state index in [1.807, 2.05) is 6.07 Å². The van der Waals surface area contributed by atoms with Gasteiger partial charge in [-0.25, -0.2) is 0 Å². The maximum atomic E-state index is 5.68. The summed E-state index contributed by atoms with van der Waals surface area (Å²) < 4.78 is 6.16. The van der Waals surface area contributed by atoms with Gasteiger partial charge in [0.15, 0.2) is 0 Å². The molecule has 0 aromatic heterocycles. The predicted molar refractivity (Wildman–Crippen MR) is 72.3 cm³/mol. The number of hydrogen-bond donors (Lipinski definition) is 1. The molecule has 0 radical (unpaired) electrons. The van der Waals surface area contributed by atoms with Gasteiger partial charge in [0.25, 0.3) is 0 Å². The average Bonchev–Trinajstić information content (AvgIpc) is 2.27. The predicted octanol–water partition coefficient (Wildman–Crippen LogP) is 3.56. The van der Waals surface area contributed by atoms with Crippen molar-refractivity contribution in [2.45, 2.75) is 25.9 Å². The zero-order valence-electron chi connectivity index (χ0n) is 9.59. The highest BCUT2D eigenvalue weighted by molar-refractivity contribution is 9.10. The summed E-state index contributed by atoms with van der Waals surface area (Å²) >= 11 is 9.15. The molecule has 4 heteroatoms. The van der Waals surface area contributed by atoms with Crippen molar-refractivity contribution in [2.24, 2.45) is 0 Å². The molecule has 1 unspecified atom stereocenters. The second-order valence-electron chi connectivity index (χ2n) is 3.73. The van der Waals surface area contributed by atoms with Crippen molar-refractivity contribution in [3.63, 3.8) is 0 Å². The lowest BCUT2D eigenvalue weighted by atomic mass is 10.2. The summed E-state index contributed by atoms with van der Waals surface area (Å²) in [7, 11) is 1.67. The Balaban J connectivity index is 2.51. The summed E-state index contributed by atoms with van der Waals surface area (Å²) in [4.78, 5) is 0. The van der Waals surface area contributed by atoms with Gasteiger partial charge in [0.2, 0.25) is 0 Å². The Hall–Kier alpha value is -0.250. The van der Waals surface area contributed by atoms with Gasteiger partial charge in [-0.3, -0.25) is 0 Å². The number of nitrogens with one attached hydrogen (secondary N) is 1. The van der Waals surface area contributed by atoms with Crippen LogP contribution in [0.15, 0.2) is 22.7 Å². The van der Waals surface area contributed by atoms with Crippen molar-refractivity contribution < 1.29 is 4.74 Å². The van der Waals surface area contributed by atoms with E-state index >= 15 is 0 Å². The summed E-state index contributed by atoms with van der Waals surface area (Å²) in [6.45, 7) is 2.99. The van der Waals surface area contributed by atoms with E-state index in [0.29, 0.717) is 11.9 Å². The Labute approximate surface area is 110 Å². The molecule has 0 aliphatic carbocycles. The fourth-order valence-electron chi connectivity index (χ4n) is 1.38. The largest absolute Gasteiger partial charge is 0.496 e. The summed E-state index contributed by atoms with van der Waals surface area (Å²) in [5.74, 6) is 1.55. The smallest absolute Gasteiger partial charge is 0.133 e. The van der Waals surface area contributed by atoms with Crippen LogP contribution in [0.2, 0.25) is 0 Å². The highest BCUT2D eigenvalue weighted by Gasteiger charge is 2.03. The molecule has 0 aliphatic heterocycles. The number of methoxy groups -OCH3 is 1. The van der Waals surface area contributed by atoms with Crippen LogP contribution in [-0.2, 0) is 6.54 Å². The number of ether oxygens (including phenoxy) is 1. The summed E-state index contributed by atoms with van der Waals surface area (Å²) in [5.41, 5.74) is 1.23. The lowest BCUT2D eigenvalue weighted by Crippen LogP contribution is -2.25. The van der Waals surface area contributed by atoms with Crippen LogP contribution in [0.4, 0.5) is 0 Å². The Morgan fingerprint density at radius 3 is 2.81 bits per heavy atom. The van der Waals surface area contributed by atoms with Gasteiger partial charge in [0.1, 0.15) is 5.75 Å².